The summed E-state index contributed by atoms with van der Waals surface area (Å²) in [5.41, 5.74) is 0.445. The third-order valence-electron chi connectivity index (χ3n) is 4.10. The van der Waals surface area contributed by atoms with E-state index in [1.807, 2.05) is 24.3 Å². The van der Waals surface area contributed by atoms with Gasteiger partial charge in [-0.15, -0.1) is 0 Å². The van der Waals surface area contributed by atoms with Crippen LogP contribution in [-0.2, 0) is 4.74 Å². The summed E-state index contributed by atoms with van der Waals surface area (Å²) in [6.07, 6.45) is 2.92. The van der Waals surface area contributed by atoms with E-state index in [0.717, 1.165) is 25.7 Å². The van der Waals surface area contributed by atoms with Gasteiger partial charge in [0.05, 0.1) is 0 Å². The van der Waals surface area contributed by atoms with Crippen LogP contribution in [0.15, 0.2) is 60.7 Å². The maximum atomic E-state index is 12.3. The van der Waals surface area contributed by atoms with Crippen molar-refractivity contribution in [3.63, 3.8) is 0 Å². The number of hydrogen-bond donors (Lipinski definition) is 1. The van der Waals surface area contributed by atoms with Crippen molar-refractivity contribution in [2.24, 2.45) is 0 Å². The number of carbonyl (C=O) groups excluding carboxylic acids is 2. The predicted molar refractivity (Wildman–Crippen MR) is 110 cm³/mol. The molecular formula is C22H27NO3Se. The average Bonchev–Trinajstić information content (AvgIpc) is 2.69. The van der Waals surface area contributed by atoms with Gasteiger partial charge in [0, 0.05) is 0 Å². The molecule has 1 N–H and O–H groups in total. The fourth-order valence-electron chi connectivity index (χ4n) is 2.81. The van der Waals surface area contributed by atoms with Crippen LogP contribution >= 0.6 is 0 Å². The Hall–Kier alpha value is -2.10. The van der Waals surface area contributed by atoms with Crippen LogP contribution in [0.1, 0.15) is 49.9 Å². The Morgan fingerprint density at radius 3 is 2.11 bits per heavy atom. The van der Waals surface area contributed by atoms with Gasteiger partial charge in [0.25, 0.3) is 0 Å². The van der Waals surface area contributed by atoms with Crippen LogP contribution in [0.25, 0.3) is 0 Å². The summed E-state index contributed by atoms with van der Waals surface area (Å²) in [7, 11) is 0. The van der Waals surface area contributed by atoms with Gasteiger partial charge in [-0.1, -0.05) is 0 Å². The molecule has 0 aromatic heterocycles. The van der Waals surface area contributed by atoms with Gasteiger partial charge in [-0.25, -0.2) is 0 Å². The number of carbonyl (C=O) groups is 2. The first-order valence-corrected chi connectivity index (χ1v) is 11.3. The summed E-state index contributed by atoms with van der Waals surface area (Å²) >= 11 is 0.209. The standard InChI is InChI=1S/C22H27NO3Se/c1-3-11-19(20(12-4-2)27-18-15-9-6-10-16-18)26-22(25)23-21(24)17-13-7-5-8-14-17/h5-10,13-16,19-20H,3-4,11-12H2,1-2H3,(H,23,24,25)/t19-,20+/m0/s1. The Labute approximate surface area is 167 Å². The maximum absolute atomic E-state index is 12.3. The summed E-state index contributed by atoms with van der Waals surface area (Å²) < 4.78 is 7.01. The molecule has 4 nitrogen and oxygen atoms in total. The van der Waals surface area contributed by atoms with Crippen molar-refractivity contribution in [2.75, 3.05) is 0 Å². The number of amides is 2. The second-order valence-electron chi connectivity index (χ2n) is 6.31. The van der Waals surface area contributed by atoms with Crippen molar-refractivity contribution in [1.82, 2.24) is 5.32 Å². The minimum atomic E-state index is -0.660. The molecule has 0 spiro atoms. The summed E-state index contributed by atoms with van der Waals surface area (Å²) in [6.45, 7) is 4.23. The van der Waals surface area contributed by atoms with Crippen molar-refractivity contribution in [3.05, 3.63) is 66.2 Å². The molecule has 2 amide bonds. The topological polar surface area (TPSA) is 55.4 Å². The third kappa shape index (κ3) is 7.20. The Balaban J connectivity index is 2.02. The van der Waals surface area contributed by atoms with E-state index in [1.165, 1.54) is 4.46 Å². The van der Waals surface area contributed by atoms with Crippen molar-refractivity contribution >= 4 is 31.4 Å². The first kappa shape index (κ1) is 21.2. The molecule has 0 bridgehead atoms. The minimum absolute atomic E-state index is 0.182. The van der Waals surface area contributed by atoms with E-state index in [4.69, 9.17) is 4.74 Å². The monoisotopic (exact) mass is 433 g/mol. The zero-order valence-corrected chi connectivity index (χ0v) is 17.6. The second-order valence-corrected chi connectivity index (χ2v) is 9.06. The van der Waals surface area contributed by atoms with Crippen LogP contribution in [0.4, 0.5) is 4.79 Å². The van der Waals surface area contributed by atoms with Gasteiger partial charge < -0.3 is 0 Å². The first-order valence-electron chi connectivity index (χ1n) is 9.42. The molecule has 2 aromatic carbocycles. The van der Waals surface area contributed by atoms with E-state index in [1.54, 1.807) is 24.3 Å². The van der Waals surface area contributed by atoms with Crippen LogP contribution in [0.5, 0.6) is 0 Å². The van der Waals surface area contributed by atoms with Crippen LogP contribution in [0.3, 0.4) is 0 Å². The third-order valence-corrected chi connectivity index (χ3v) is 7.01. The van der Waals surface area contributed by atoms with Crippen LogP contribution in [0.2, 0.25) is 4.82 Å². The number of nitrogens with one attached hydrogen (secondary N) is 1. The summed E-state index contributed by atoms with van der Waals surface area (Å²) in [4.78, 5) is 24.8. The fraction of sp³-hybridized carbons (Fsp3) is 0.364. The van der Waals surface area contributed by atoms with Gasteiger partial charge >= 0.3 is 168 Å². The van der Waals surface area contributed by atoms with Gasteiger partial charge in [0.1, 0.15) is 0 Å². The van der Waals surface area contributed by atoms with E-state index >= 15 is 0 Å². The molecule has 27 heavy (non-hydrogen) atoms. The van der Waals surface area contributed by atoms with E-state index in [9.17, 15) is 9.59 Å². The van der Waals surface area contributed by atoms with Gasteiger partial charge in [-0.3, -0.25) is 0 Å². The normalized spacial score (nSPS) is 12.8. The molecule has 0 heterocycles. The van der Waals surface area contributed by atoms with E-state index in [2.05, 4.69) is 31.3 Å². The van der Waals surface area contributed by atoms with Crippen molar-refractivity contribution in [2.45, 2.75) is 50.5 Å². The van der Waals surface area contributed by atoms with Gasteiger partial charge in [0.2, 0.25) is 0 Å². The second kappa shape index (κ2) is 11.6. The number of ether oxygens (including phenoxy) is 1. The summed E-state index contributed by atoms with van der Waals surface area (Å²) in [5, 5.41) is 2.35. The molecule has 0 fully saturated rings. The van der Waals surface area contributed by atoms with Gasteiger partial charge in [0.15, 0.2) is 0 Å². The molecule has 0 aliphatic carbocycles. The molecule has 0 saturated heterocycles. The number of imide groups is 1. The van der Waals surface area contributed by atoms with Crippen LogP contribution in [0, 0.1) is 0 Å². The predicted octanol–water partition coefficient (Wildman–Crippen LogP) is 4.34. The number of benzene rings is 2. The van der Waals surface area contributed by atoms with Gasteiger partial charge in [-0.2, -0.15) is 0 Å². The van der Waals surface area contributed by atoms with Crippen LogP contribution in [-0.4, -0.2) is 33.1 Å². The molecule has 2 rings (SSSR count). The molecule has 0 radical (unpaired) electrons. The summed E-state index contributed by atoms with van der Waals surface area (Å²) in [6, 6.07) is 19.1. The first-order chi connectivity index (χ1) is 13.1. The van der Waals surface area contributed by atoms with Crippen molar-refractivity contribution < 1.29 is 14.3 Å². The Morgan fingerprint density at radius 2 is 1.52 bits per heavy atom. The molecular weight excluding hydrogens is 405 g/mol. The van der Waals surface area contributed by atoms with E-state index < -0.39 is 12.0 Å². The Morgan fingerprint density at radius 1 is 0.926 bits per heavy atom. The Bertz CT molecular complexity index is 706. The van der Waals surface area contributed by atoms with E-state index in [0.29, 0.717) is 10.4 Å². The molecule has 0 aliphatic rings. The van der Waals surface area contributed by atoms with Crippen molar-refractivity contribution in [3.8, 4) is 0 Å². The zero-order chi connectivity index (χ0) is 19.5. The molecule has 0 aliphatic heterocycles. The molecule has 5 heteroatoms. The van der Waals surface area contributed by atoms with Crippen molar-refractivity contribution in [1.29, 1.82) is 0 Å². The van der Waals surface area contributed by atoms with E-state index in [-0.39, 0.29) is 21.1 Å². The SMILES string of the molecule is CCC[C@H](OC(=O)NC(=O)c1ccccc1)[C@@H](CCC)[Se]c1ccccc1. The molecule has 0 saturated carbocycles. The Kier molecular flexibility index (Phi) is 9.09. The zero-order valence-electron chi connectivity index (χ0n) is 15.9. The average molecular weight is 432 g/mol. The molecule has 144 valence electrons. The number of rotatable bonds is 9. The molecule has 2 aromatic rings. The number of hydrogen-bond acceptors (Lipinski definition) is 3. The fourth-order valence-corrected chi connectivity index (χ4v) is 5.66. The number of alkyl carbamates (subject to hydrolysis) is 1. The molecule has 0 unspecified atom stereocenters. The quantitative estimate of drug-likeness (QED) is 0.600. The van der Waals surface area contributed by atoms with Gasteiger partial charge in [-0.05, 0) is 0 Å². The van der Waals surface area contributed by atoms with Crippen LogP contribution < -0.4 is 9.78 Å². The summed E-state index contributed by atoms with van der Waals surface area (Å²) in [5.74, 6) is -0.434. The molecule has 2 atom stereocenters.